The van der Waals surface area contributed by atoms with Gasteiger partial charge in [-0.05, 0) is 31.0 Å². The van der Waals surface area contributed by atoms with E-state index in [0.29, 0.717) is 0 Å². The molecule has 7 nitrogen and oxygen atoms in total. The molecule has 0 aliphatic carbocycles. The van der Waals surface area contributed by atoms with Gasteiger partial charge >= 0.3 is 5.69 Å². The number of sulfonamides is 1. The van der Waals surface area contributed by atoms with E-state index in [4.69, 9.17) is 0 Å². The molecule has 0 aliphatic heterocycles. The molecule has 25 heavy (non-hydrogen) atoms. The van der Waals surface area contributed by atoms with Gasteiger partial charge in [-0.2, -0.15) is 0 Å². The van der Waals surface area contributed by atoms with Crippen LogP contribution in [0, 0.1) is 4.91 Å². The first-order chi connectivity index (χ1) is 11.8. The molecule has 0 saturated heterocycles. The maximum atomic E-state index is 12.5. The van der Waals surface area contributed by atoms with Crippen molar-refractivity contribution < 1.29 is 23.0 Å². The van der Waals surface area contributed by atoms with Gasteiger partial charge in [0.1, 0.15) is 5.78 Å². The zero-order valence-corrected chi connectivity index (χ0v) is 14.7. The second-order valence-corrected chi connectivity index (χ2v) is 7.12. The van der Waals surface area contributed by atoms with Crippen LogP contribution >= 0.6 is 0 Å². The quantitative estimate of drug-likeness (QED) is 0.726. The predicted octanol–water partition coefficient (Wildman–Crippen LogP) is 2.14. The van der Waals surface area contributed by atoms with Gasteiger partial charge in [-0.15, -0.1) is 0 Å². The van der Waals surface area contributed by atoms with E-state index < -0.39 is 16.1 Å². The van der Waals surface area contributed by atoms with E-state index in [1.165, 1.54) is 38.3 Å². The van der Waals surface area contributed by atoms with Gasteiger partial charge in [0, 0.05) is 12.1 Å². The Morgan fingerprint density at radius 3 is 2.24 bits per heavy atom. The number of rotatable bonds is 8. The third kappa shape index (κ3) is 4.94. The third-order valence-electron chi connectivity index (χ3n) is 3.59. The van der Waals surface area contributed by atoms with E-state index in [2.05, 4.69) is 9.56 Å². The van der Waals surface area contributed by atoms with Crippen molar-refractivity contribution in [3.05, 3.63) is 65.1 Å². The van der Waals surface area contributed by atoms with Crippen molar-refractivity contribution in [1.82, 2.24) is 4.72 Å². The van der Waals surface area contributed by atoms with E-state index in [9.17, 15) is 18.1 Å². The lowest BCUT2D eigenvalue weighted by Gasteiger charge is -2.16. The van der Waals surface area contributed by atoms with Crippen molar-refractivity contribution in [3.63, 3.8) is 0 Å². The SMILES string of the molecule is CO[N+](=O)c1ccc(S(=O)(=O)N[C@@H](Cc2ccccc2)C(C)=O)cc1. The summed E-state index contributed by atoms with van der Waals surface area (Å²) in [6.07, 6.45) is 0.255. The highest BCUT2D eigenvalue weighted by molar-refractivity contribution is 7.89. The highest BCUT2D eigenvalue weighted by Crippen LogP contribution is 2.17. The van der Waals surface area contributed by atoms with Crippen LogP contribution in [0.2, 0.25) is 0 Å². The van der Waals surface area contributed by atoms with Crippen LogP contribution in [0.25, 0.3) is 0 Å². The van der Waals surface area contributed by atoms with Crippen LogP contribution < -0.4 is 4.72 Å². The van der Waals surface area contributed by atoms with Crippen molar-refractivity contribution in [1.29, 1.82) is 0 Å². The fourth-order valence-corrected chi connectivity index (χ4v) is 3.48. The van der Waals surface area contributed by atoms with Crippen molar-refractivity contribution in [3.8, 4) is 0 Å². The lowest BCUT2D eigenvalue weighted by molar-refractivity contribution is -0.736. The molecule has 132 valence electrons. The van der Waals surface area contributed by atoms with E-state index in [0.717, 1.165) is 5.56 Å². The molecule has 0 heterocycles. The molecule has 2 aromatic carbocycles. The van der Waals surface area contributed by atoms with Gasteiger partial charge in [0.05, 0.1) is 15.8 Å². The number of nitrogens with one attached hydrogen (secondary N) is 1. The number of nitrogens with zero attached hydrogens (tertiary/aromatic N) is 1. The largest absolute Gasteiger partial charge is 0.316 e. The number of ketones is 1. The van der Waals surface area contributed by atoms with Crippen molar-refractivity contribution in [2.45, 2.75) is 24.3 Å². The van der Waals surface area contributed by atoms with Crippen molar-refractivity contribution in [2.75, 3.05) is 7.11 Å². The molecule has 0 unspecified atom stereocenters. The second-order valence-electron chi connectivity index (χ2n) is 5.41. The van der Waals surface area contributed by atoms with Gasteiger partial charge in [-0.3, -0.25) is 4.79 Å². The first-order valence-corrected chi connectivity index (χ1v) is 9.00. The smallest absolute Gasteiger partial charge is 0.298 e. The average molecular weight is 363 g/mol. The molecular weight excluding hydrogens is 344 g/mol. The first kappa shape index (κ1) is 18.8. The number of hydrogen-bond donors (Lipinski definition) is 1. The zero-order valence-electron chi connectivity index (χ0n) is 13.9. The minimum atomic E-state index is -3.91. The Morgan fingerprint density at radius 2 is 1.72 bits per heavy atom. The molecule has 8 heteroatoms. The molecule has 2 rings (SSSR count). The average Bonchev–Trinajstić information content (AvgIpc) is 2.61. The summed E-state index contributed by atoms with van der Waals surface area (Å²) in [5.41, 5.74) is 1.01. The number of Topliss-reactive ketones (excluding diaryl/α,β-unsaturated/α-hetero) is 1. The summed E-state index contributed by atoms with van der Waals surface area (Å²) in [6, 6.07) is 13.5. The van der Waals surface area contributed by atoms with Gasteiger partial charge in [-0.25, -0.2) is 18.0 Å². The van der Waals surface area contributed by atoms with Crippen LogP contribution in [0.1, 0.15) is 12.5 Å². The molecule has 0 aromatic heterocycles. The molecule has 0 aliphatic rings. The topological polar surface area (TPSA) is 92.6 Å². The molecule has 0 amide bonds. The Morgan fingerprint density at radius 1 is 1.12 bits per heavy atom. The monoisotopic (exact) mass is 363 g/mol. The molecule has 0 fully saturated rings. The maximum Gasteiger partial charge on any atom is 0.316 e. The number of hydrogen-bond acceptors (Lipinski definition) is 5. The molecule has 1 N–H and O–H groups in total. The molecule has 2 aromatic rings. The lowest BCUT2D eigenvalue weighted by atomic mass is 10.0. The van der Waals surface area contributed by atoms with Gasteiger partial charge < -0.3 is 0 Å². The maximum absolute atomic E-state index is 12.5. The Kier molecular flexibility index (Phi) is 6.00. The Hall–Kier alpha value is -2.58. The van der Waals surface area contributed by atoms with Crippen LogP contribution in [0.15, 0.2) is 59.5 Å². The number of benzene rings is 2. The summed E-state index contributed by atoms with van der Waals surface area (Å²) in [4.78, 5) is 27.9. The van der Waals surface area contributed by atoms with Crippen molar-refractivity contribution >= 4 is 21.5 Å². The summed E-state index contributed by atoms with van der Waals surface area (Å²) in [5.74, 6) is -0.283. The fourth-order valence-electron chi connectivity index (χ4n) is 2.23. The van der Waals surface area contributed by atoms with Crippen LogP contribution in [0.5, 0.6) is 0 Å². The fraction of sp³-hybridized carbons (Fsp3) is 0.235. The van der Waals surface area contributed by atoms with Gasteiger partial charge in [0.2, 0.25) is 10.0 Å². The molecule has 0 spiro atoms. The molecule has 0 radical (unpaired) electrons. The highest BCUT2D eigenvalue weighted by atomic mass is 32.2. The van der Waals surface area contributed by atoms with Gasteiger partial charge in [0.15, 0.2) is 7.11 Å². The summed E-state index contributed by atoms with van der Waals surface area (Å²) in [7, 11) is -2.70. The van der Waals surface area contributed by atoms with Crippen LogP contribution in [0.4, 0.5) is 5.69 Å². The molecular formula is C17H19N2O5S+. The summed E-state index contributed by atoms with van der Waals surface area (Å²) in [6.45, 7) is 1.34. The summed E-state index contributed by atoms with van der Waals surface area (Å²) < 4.78 is 27.4. The summed E-state index contributed by atoms with van der Waals surface area (Å²) in [5, 5.41) is 0. The van der Waals surface area contributed by atoms with E-state index >= 15 is 0 Å². The normalized spacial score (nSPS) is 12.4. The Labute approximate surface area is 146 Å². The van der Waals surface area contributed by atoms with Crippen LogP contribution in [0.3, 0.4) is 0 Å². The second kappa shape index (κ2) is 8.00. The Balaban J connectivity index is 2.19. The first-order valence-electron chi connectivity index (χ1n) is 7.51. The third-order valence-corrected chi connectivity index (χ3v) is 5.08. The van der Waals surface area contributed by atoms with Gasteiger partial charge in [0.25, 0.3) is 4.92 Å². The lowest BCUT2D eigenvalue weighted by Crippen LogP contribution is -2.41. The number of carbonyl (C=O) groups is 1. The minimum Gasteiger partial charge on any atom is -0.298 e. The Bertz CT molecular complexity index is 848. The molecule has 1 atom stereocenters. The molecule has 0 bridgehead atoms. The molecule has 0 saturated carbocycles. The standard InChI is InChI=1S/C17H19N2O5S/c1-13(20)17(12-14-6-4-3-5-7-14)18-25(22,23)16-10-8-15(9-11-16)19(21)24-2/h3-11,17-18H,12H2,1-2H3/q+1/t17-/m0/s1. The van der Waals surface area contributed by atoms with Crippen LogP contribution in [-0.2, 0) is 26.1 Å². The number of carbonyl (C=O) groups excluding carboxylic acids is 1. The van der Waals surface area contributed by atoms with Gasteiger partial charge in [-0.1, -0.05) is 30.3 Å². The minimum absolute atomic E-state index is 0.0416. The highest BCUT2D eigenvalue weighted by Gasteiger charge is 2.24. The zero-order chi connectivity index (χ0) is 18.4. The predicted molar refractivity (Wildman–Crippen MR) is 91.7 cm³/mol. The van der Waals surface area contributed by atoms with Crippen molar-refractivity contribution in [2.24, 2.45) is 0 Å². The van der Waals surface area contributed by atoms with E-state index in [-0.39, 0.29) is 27.7 Å². The summed E-state index contributed by atoms with van der Waals surface area (Å²) >= 11 is 0. The van der Waals surface area contributed by atoms with Crippen LogP contribution in [-0.4, -0.2) is 32.3 Å². The van der Waals surface area contributed by atoms with E-state index in [1.807, 2.05) is 30.3 Å². The van der Waals surface area contributed by atoms with E-state index in [1.54, 1.807) is 0 Å².